The normalized spacial score (nSPS) is 13.2. The highest BCUT2D eigenvalue weighted by Gasteiger charge is 2.31. The molecule has 0 bridgehead atoms. The lowest BCUT2D eigenvalue weighted by Gasteiger charge is -2.27. The molecular weight excluding hydrogens is 501 g/mol. The molecule has 0 unspecified atom stereocenters. The van der Waals surface area contributed by atoms with Gasteiger partial charge in [0.1, 0.15) is 0 Å². The predicted molar refractivity (Wildman–Crippen MR) is 146 cm³/mol. The van der Waals surface area contributed by atoms with Gasteiger partial charge < -0.3 is 15.7 Å². The lowest BCUT2D eigenvalue weighted by molar-refractivity contribution is -0.137. The van der Waals surface area contributed by atoms with Crippen LogP contribution in [0.15, 0.2) is 115 Å². The molecule has 4 aromatic carbocycles. The van der Waals surface area contributed by atoms with Gasteiger partial charge in [0.25, 0.3) is 0 Å². The van der Waals surface area contributed by atoms with Crippen molar-refractivity contribution >= 4 is 5.91 Å². The molecule has 39 heavy (non-hydrogen) atoms. The van der Waals surface area contributed by atoms with Crippen LogP contribution >= 0.6 is 0 Å². The minimum atomic E-state index is -4.42. The van der Waals surface area contributed by atoms with E-state index in [1.54, 1.807) is 6.07 Å². The van der Waals surface area contributed by atoms with E-state index >= 15 is 0 Å². The van der Waals surface area contributed by atoms with Gasteiger partial charge in [-0.2, -0.15) is 13.2 Å². The summed E-state index contributed by atoms with van der Waals surface area (Å²) in [6.45, 7) is 0.221. The van der Waals surface area contributed by atoms with Crippen molar-refractivity contribution in [3.8, 4) is 0 Å². The number of halogens is 3. The maximum Gasteiger partial charge on any atom is 0.416 e. The highest BCUT2D eigenvalue weighted by atomic mass is 19.4. The smallest absolute Gasteiger partial charge is 0.390 e. The monoisotopic (exact) mass is 532 g/mol. The van der Waals surface area contributed by atoms with E-state index in [1.807, 2.05) is 91.0 Å². The van der Waals surface area contributed by atoms with Crippen LogP contribution in [0.5, 0.6) is 0 Å². The molecular formula is C32H31F3N2O2. The summed E-state index contributed by atoms with van der Waals surface area (Å²) in [6, 6.07) is 32.9. The van der Waals surface area contributed by atoms with Gasteiger partial charge in [0.2, 0.25) is 5.91 Å². The third-order valence-corrected chi connectivity index (χ3v) is 6.56. The fourth-order valence-corrected chi connectivity index (χ4v) is 4.57. The van der Waals surface area contributed by atoms with Crippen molar-refractivity contribution in [1.82, 2.24) is 10.6 Å². The number of hydrogen-bond acceptors (Lipinski definition) is 3. The molecule has 0 radical (unpaired) electrons. The highest BCUT2D eigenvalue weighted by Crippen LogP contribution is 2.29. The fourth-order valence-electron chi connectivity index (χ4n) is 4.57. The first-order chi connectivity index (χ1) is 18.8. The van der Waals surface area contributed by atoms with Gasteiger partial charge in [-0.3, -0.25) is 4.79 Å². The summed E-state index contributed by atoms with van der Waals surface area (Å²) in [5.74, 6) is -0.818. The van der Waals surface area contributed by atoms with Crippen LogP contribution in [-0.4, -0.2) is 29.7 Å². The summed E-state index contributed by atoms with van der Waals surface area (Å²) in [5.41, 5.74) is 2.34. The topological polar surface area (TPSA) is 61.4 Å². The average molecular weight is 533 g/mol. The summed E-state index contributed by atoms with van der Waals surface area (Å²) in [5, 5.41) is 17.3. The van der Waals surface area contributed by atoms with Crippen LogP contribution in [-0.2, 0) is 23.9 Å². The first kappa shape index (κ1) is 28.1. The number of aliphatic hydroxyl groups is 1. The van der Waals surface area contributed by atoms with Crippen molar-refractivity contribution in [2.75, 3.05) is 6.54 Å². The zero-order valence-corrected chi connectivity index (χ0v) is 21.3. The summed E-state index contributed by atoms with van der Waals surface area (Å²) in [4.78, 5) is 13.7. The Morgan fingerprint density at radius 2 is 1.28 bits per heavy atom. The molecule has 0 aliphatic carbocycles. The van der Waals surface area contributed by atoms with Gasteiger partial charge in [-0.25, -0.2) is 0 Å². The Morgan fingerprint density at radius 1 is 0.744 bits per heavy atom. The fraction of sp³-hybridized carbons (Fsp3) is 0.219. The lowest BCUT2D eigenvalue weighted by Crippen LogP contribution is -2.50. The maximum absolute atomic E-state index is 13.7. The van der Waals surface area contributed by atoms with Crippen LogP contribution in [0.1, 0.15) is 33.7 Å². The van der Waals surface area contributed by atoms with Crippen LogP contribution < -0.4 is 10.6 Å². The van der Waals surface area contributed by atoms with Crippen molar-refractivity contribution in [3.05, 3.63) is 143 Å². The number of benzene rings is 4. The highest BCUT2D eigenvalue weighted by molar-refractivity contribution is 5.87. The molecule has 4 nitrogen and oxygen atoms in total. The quantitative estimate of drug-likeness (QED) is 0.232. The second-order valence-electron chi connectivity index (χ2n) is 9.46. The van der Waals surface area contributed by atoms with Crippen molar-refractivity contribution in [1.29, 1.82) is 0 Å². The van der Waals surface area contributed by atoms with Crippen molar-refractivity contribution < 1.29 is 23.1 Å². The Hall–Kier alpha value is -3.94. The molecule has 7 heteroatoms. The van der Waals surface area contributed by atoms with E-state index in [2.05, 4.69) is 10.6 Å². The number of alkyl halides is 3. The molecule has 0 heterocycles. The van der Waals surface area contributed by atoms with E-state index in [0.29, 0.717) is 12.0 Å². The zero-order chi connectivity index (χ0) is 27.7. The minimum absolute atomic E-state index is 0.0787. The van der Waals surface area contributed by atoms with Crippen LogP contribution in [0, 0.1) is 0 Å². The molecule has 0 aromatic heterocycles. The first-order valence-corrected chi connectivity index (χ1v) is 12.8. The molecule has 0 aliphatic heterocycles. The Bertz CT molecular complexity index is 1280. The largest absolute Gasteiger partial charge is 0.416 e. The molecule has 0 saturated carbocycles. The van der Waals surface area contributed by atoms with E-state index < -0.39 is 29.8 Å². The Balaban J connectivity index is 1.50. The van der Waals surface area contributed by atoms with Crippen LogP contribution in [0.2, 0.25) is 0 Å². The summed E-state index contributed by atoms with van der Waals surface area (Å²) >= 11 is 0. The second-order valence-corrected chi connectivity index (χ2v) is 9.46. The average Bonchev–Trinajstić information content (AvgIpc) is 2.94. The van der Waals surface area contributed by atoms with Crippen LogP contribution in [0.25, 0.3) is 0 Å². The standard InChI is InChI=1S/C32H31F3N2O2/c33-32(34,35)27-18-10-13-24(19-27)21-36-22-29(38)28(20-23-11-4-1-5-12-23)37-31(39)30(25-14-6-2-7-15-25)26-16-8-3-9-17-26/h1-19,28-30,36,38H,20-22H2,(H,37,39)/t28-,29-/m0/s1. The first-order valence-electron chi connectivity index (χ1n) is 12.8. The zero-order valence-electron chi connectivity index (χ0n) is 21.3. The number of aliphatic hydroxyl groups excluding tert-OH is 1. The number of rotatable bonds is 11. The third kappa shape index (κ3) is 8.02. The van der Waals surface area contributed by atoms with E-state index in [9.17, 15) is 23.1 Å². The van der Waals surface area contributed by atoms with Gasteiger partial charge in [-0.05, 0) is 34.7 Å². The van der Waals surface area contributed by atoms with Crippen molar-refractivity contribution in [2.45, 2.75) is 37.2 Å². The molecule has 202 valence electrons. The molecule has 0 fully saturated rings. The van der Waals surface area contributed by atoms with E-state index in [-0.39, 0.29) is 19.0 Å². The molecule has 4 aromatic rings. The van der Waals surface area contributed by atoms with Gasteiger partial charge in [0, 0.05) is 13.1 Å². The maximum atomic E-state index is 13.7. The third-order valence-electron chi connectivity index (χ3n) is 6.56. The summed E-state index contributed by atoms with van der Waals surface area (Å²) < 4.78 is 39.2. The van der Waals surface area contributed by atoms with Crippen molar-refractivity contribution in [3.63, 3.8) is 0 Å². The predicted octanol–water partition coefficient (Wildman–Crippen LogP) is 5.72. The number of hydrogen-bond donors (Lipinski definition) is 3. The van der Waals surface area contributed by atoms with E-state index in [4.69, 9.17) is 0 Å². The Labute approximate surface area is 226 Å². The minimum Gasteiger partial charge on any atom is -0.390 e. The van der Waals surface area contributed by atoms with Gasteiger partial charge in [0.05, 0.1) is 23.6 Å². The van der Waals surface area contributed by atoms with E-state index in [0.717, 1.165) is 28.8 Å². The second kappa shape index (κ2) is 13.2. The van der Waals surface area contributed by atoms with Crippen molar-refractivity contribution in [2.24, 2.45) is 0 Å². The Morgan fingerprint density at radius 3 is 1.85 bits per heavy atom. The number of amides is 1. The number of carbonyl (C=O) groups excluding carboxylic acids is 1. The molecule has 4 rings (SSSR count). The van der Waals surface area contributed by atoms with Gasteiger partial charge in [-0.1, -0.05) is 109 Å². The molecule has 0 aliphatic rings. The molecule has 1 amide bonds. The van der Waals surface area contributed by atoms with Crippen LogP contribution in [0.4, 0.5) is 13.2 Å². The lowest BCUT2D eigenvalue weighted by atomic mass is 9.89. The summed E-state index contributed by atoms with van der Waals surface area (Å²) in [7, 11) is 0. The summed E-state index contributed by atoms with van der Waals surface area (Å²) in [6.07, 6.45) is -5.03. The molecule has 0 spiro atoms. The number of carbonyl (C=O) groups is 1. The van der Waals surface area contributed by atoms with Gasteiger partial charge >= 0.3 is 6.18 Å². The van der Waals surface area contributed by atoms with Crippen LogP contribution in [0.3, 0.4) is 0 Å². The SMILES string of the molecule is O=C(N[C@@H](Cc1ccccc1)[C@@H](O)CNCc1cccc(C(F)(F)F)c1)C(c1ccccc1)c1ccccc1. The molecule has 0 saturated heterocycles. The molecule has 3 N–H and O–H groups in total. The Kier molecular flexibility index (Phi) is 9.52. The van der Waals surface area contributed by atoms with E-state index in [1.165, 1.54) is 6.07 Å². The van der Waals surface area contributed by atoms with Gasteiger partial charge in [0.15, 0.2) is 0 Å². The molecule has 2 atom stereocenters. The number of nitrogens with one attached hydrogen (secondary N) is 2. The van der Waals surface area contributed by atoms with Gasteiger partial charge in [-0.15, -0.1) is 0 Å².